The summed E-state index contributed by atoms with van der Waals surface area (Å²) in [7, 11) is 0. The van der Waals surface area contributed by atoms with Crippen LogP contribution >= 0.6 is 38.5 Å². The lowest BCUT2D eigenvalue weighted by Gasteiger charge is -2.07. The Morgan fingerprint density at radius 1 is 1.43 bits per heavy atom. The van der Waals surface area contributed by atoms with E-state index in [0.717, 1.165) is 8.04 Å². The molecule has 0 atom stereocenters. The second kappa shape index (κ2) is 6.98. The Labute approximate surface area is 142 Å². The fourth-order valence-electron chi connectivity index (χ4n) is 1.56. The van der Waals surface area contributed by atoms with Crippen molar-refractivity contribution < 1.29 is 14.7 Å². The fraction of sp³-hybridized carbons (Fsp3) is 0.167. The summed E-state index contributed by atoms with van der Waals surface area (Å²) in [6, 6.07) is 5.45. The molecule has 1 heterocycles. The SMILES string of the molecule is O=C(O)c1cn(CCNC(=O)c2cc(Br)ccc2I)nn1. The highest BCUT2D eigenvalue weighted by Crippen LogP contribution is 2.18. The summed E-state index contributed by atoms with van der Waals surface area (Å²) < 4.78 is 3.05. The van der Waals surface area contributed by atoms with Gasteiger partial charge in [0.25, 0.3) is 5.91 Å². The molecule has 9 heteroatoms. The van der Waals surface area contributed by atoms with Crippen LogP contribution in [0.3, 0.4) is 0 Å². The number of carbonyl (C=O) groups excluding carboxylic acids is 1. The number of aromatic carboxylic acids is 1. The quantitative estimate of drug-likeness (QED) is 0.657. The summed E-state index contributed by atoms with van der Waals surface area (Å²) in [6.07, 6.45) is 1.32. The first kappa shape index (κ1) is 15.9. The molecule has 0 aliphatic heterocycles. The van der Waals surface area contributed by atoms with Gasteiger partial charge in [-0.2, -0.15) is 0 Å². The Hall–Kier alpha value is -1.49. The van der Waals surface area contributed by atoms with E-state index >= 15 is 0 Å². The van der Waals surface area contributed by atoms with E-state index < -0.39 is 5.97 Å². The topological polar surface area (TPSA) is 97.1 Å². The maximum Gasteiger partial charge on any atom is 0.358 e. The average Bonchev–Trinajstić information content (AvgIpc) is 2.90. The number of carboxylic acid groups (broad SMARTS) is 1. The minimum absolute atomic E-state index is 0.122. The van der Waals surface area contributed by atoms with Crippen molar-refractivity contribution in [1.29, 1.82) is 0 Å². The fourth-order valence-corrected chi connectivity index (χ4v) is 2.50. The van der Waals surface area contributed by atoms with Crippen molar-refractivity contribution in [2.24, 2.45) is 0 Å². The molecule has 0 fully saturated rings. The number of nitrogens with one attached hydrogen (secondary N) is 1. The van der Waals surface area contributed by atoms with E-state index in [-0.39, 0.29) is 11.6 Å². The molecule has 2 rings (SSSR count). The molecule has 0 spiro atoms. The first-order valence-electron chi connectivity index (χ1n) is 5.84. The van der Waals surface area contributed by atoms with E-state index in [4.69, 9.17) is 5.11 Å². The van der Waals surface area contributed by atoms with E-state index in [1.54, 1.807) is 6.07 Å². The van der Waals surface area contributed by atoms with Gasteiger partial charge in [-0.15, -0.1) is 5.10 Å². The molecule has 7 nitrogen and oxygen atoms in total. The number of carbonyl (C=O) groups is 2. The van der Waals surface area contributed by atoms with Crippen LogP contribution in [0.2, 0.25) is 0 Å². The number of aromatic nitrogens is 3. The molecular formula is C12H10BrIN4O3. The van der Waals surface area contributed by atoms with Gasteiger partial charge in [-0.1, -0.05) is 21.1 Å². The van der Waals surface area contributed by atoms with Crippen molar-refractivity contribution in [3.8, 4) is 0 Å². The van der Waals surface area contributed by atoms with Gasteiger partial charge in [-0.25, -0.2) is 9.48 Å². The second-order valence-electron chi connectivity index (χ2n) is 4.05. The number of benzene rings is 1. The molecule has 21 heavy (non-hydrogen) atoms. The molecular weight excluding hydrogens is 455 g/mol. The third-order valence-corrected chi connectivity index (χ3v) is 3.99. The van der Waals surface area contributed by atoms with Crippen LogP contribution in [0.5, 0.6) is 0 Å². The lowest BCUT2D eigenvalue weighted by molar-refractivity contribution is 0.0690. The second-order valence-corrected chi connectivity index (χ2v) is 6.13. The number of hydrogen-bond donors (Lipinski definition) is 2. The maximum atomic E-state index is 12.0. The monoisotopic (exact) mass is 464 g/mol. The smallest absolute Gasteiger partial charge is 0.358 e. The van der Waals surface area contributed by atoms with Gasteiger partial charge >= 0.3 is 5.97 Å². The zero-order valence-electron chi connectivity index (χ0n) is 10.6. The summed E-state index contributed by atoms with van der Waals surface area (Å²) in [5, 5.41) is 18.6. The largest absolute Gasteiger partial charge is 0.476 e. The Morgan fingerprint density at radius 3 is 2.86 bits per heavy atom. The molecule has 0 aliphatic carbocycles. The van der Waals surface area contributed by atoms with Crippen LogP contribution in [0.1, 0.15) is 20.8 Å². The van der Waals surface area contributed by atoms with Gasteiger partial charge in [0.15, 0.2) is 5.69 Å². The van der Waals surface area contributed by atoms with Crippen LogP contribution in [0.4, 0.5) is 0 Å². The summed E-state index contributed by atoms with van der Waals surface area (Å²) in [4.78, 5) is 22.7. The third kappa shape index (κ3) is 4.24. The molecule has 1 aromatic carbocycles. The van der Waals surface area contributed by atoms with Crippen molar-refractivity contribution >= 4 is 50.4 Å². The predicted octanol–water partition coefficient (Wildman–Crippen LogP) is 1.77. The van der Waals surface area contributed by atoms with E-state index in [2.05, 4.69) is 54.1 Å². The summed E-state index contributed by atoms with van der Waals surface area (Å²) in [6.45, 7) is 0.667. The van der Waals surface area contributed by atoms with Crippen LogP contribution in [0, 0.1) is 3.57 Å². The van der Waals surface area contributed by atoms with Crippen LogP contribution in [-0.4, -0.2) is 38.5 Å². The zero-order chi connectivity index (χ0) is 15.4. The highest BCUT2D eigenvalue weighted by Gasteiger charge is 2.11. The van der Waals surface area contributed by atoms with E-state index in [1.165, 1.54) is 10.9 Å². The molecule has 0 saturated carbocycles. The Balaban J connectivity index is 1.92. The molecule has 0 radical (unpaired) electrons. The number of hydrogen-bond acceptors (Lipinski definition) is 4. The van der Waals surface area contributed by atoms with Crippen LogP contribution in [0.15, 0.2) is 28.9 Å². The van der Waals surface area contributed by atoms with Crippen molar-refractivity contribution in [2.45, 2.75) is 6.54 Å². The van der Waals surface area contributed by atoms with Gasteiger partial charge in [0.2, 0.25) is 0 Å². The molecule has 2 N–H and O–H groups in total. The molecule has 2 aromatic rings. The van der Waals surface area contributed by atoms with Gasteiger partial charge in [0.05, 0.1) is 18.3 Å². The van der Waals surface area contributed by atoms with Gasteiger partial charge in [-0.3, -0.25) is 4.79 Å². The summed E-state index contributed by atoms with van der Waals surface area (Å²) in [5.41, 5.74) is 0.456. The lowest BCUT2D eigenvalue weighted by Crippen LogP contribution is -2.28. The van der Waals surface area contributed by atoms with Crippen LogP contribution in [-0.2, 0) is 6.54 Å². The number of halogens is 2. The Morgan fingerprint density at radius 2 is 2.19 bits per heavy atom. The third-order valence-electron chi connectivity index (χ3n) is 2.56. The van der Waals surface area contributed by atoms with Crippen molar-refractivity contribution in [1.82, 2.24) is 20.3 Å². The first-order chi connectivity index (χ1) is 9.97. The highest BCUT2D eigenvalue weighted by atomic mass is 127. The van der Waals surface area contributed by atoms with E-state index in [9.17, 15) is 9.59 Å². The molecule has 0 unspecified atom stereocenters. The van der Waals surface area contributed by atoms with Gasteiger partial charge in [0, 0.05) is 14.6 Å². The molecule has 1 amide bonds. The zero-order valence-corrected chi connectivity index (χ0v) is 14.3. The van der Waals surface area contributed by atoms with Crippen molar-refractivity contribution in [2.75, 3.05) is 6.54 Å². The van der Waals surface area contributed by atoms with E-state index in [1.807, 2.05) is 12.1 Å². The molecule has 0 bridgehead atoms. The standard InChI is InChI=1S/C12H10BrIN4O3/c13-7-1-2-9(14)8(5-7)11(19)15-3-4-18-6-10(12(20)21)16-17-18/h1-2,5-6H,3-4H2,(H,15,19)(H,20,21). The highest BCUT2D eigenvalue weighted by molar-refractivity contribution is 14.1. The van der Waals surface area contributed by atoms with Crippen LogP contribution in [0.25, 0.3) is 0 Å². The van der Waals surface area contributed by atoms with Crippen LogP contribution < -0.4 is 5.32 Å². The lowest BCUT2D eigenvalue weighted by atomic mass is 10.2. The maximum absolute atomic E-state index is 12.0. The Bertz CT molecular complexity index is 689. The van der Waals surface area contributed by atoms with Gasteiger partial charge in [0.1, 0.15) is 0 Å². The normalized spacial score (nSPS) is 10.4. The van der Waals surface area contributed by atoms with E-state index in [0.29, 0.717) is 18.7 Å². The minimum atomic E-state index is -1.13. The van der Waals surface area contributed by atoms with Gasteiger partial charge in [-0.05, 0) is 40.8 Å². The predicted molar refractivity (Wildman–Crippen MR) is 86.2 cm³/mol. The summed E-state index contributed by atoms with van der Waals surface area (Å²) in [5.74, 6) is -1.33. The number of amides is 1. The molecule has 1 aromatic heterocycles. The van der Waals surface area contributed by atoms with Crippen molar-refractivity contribution in [3.05, 3.63) is 43.7 Å². The van der Waals surface area contributed by atoms with Gasteiger partial charge < -0.3 is 10.4 Å². The van der Waals surface area contributed by atoms with Crippen molar-refractivity contribution in [3.63, 3.8) is 0 Å². The number of rotatable bonds is 5. The summed E-state index contributed by atoms with van der Waals surface area (Å²) >= 11 is 5.42. The first-order valence-corrected chi connectivity index (χ1v) is 7.71. The molecule has 110 valence electrons. The molecule has 0 saturated heterocycles. The number of nitrogens with zero attached hydrogens (tertiary/aromatic N) is 3. The average molecular weight is 465 g/mol. The number of carboxylic acids is 1. The molecule has 0 aliphatic rings. The minimum Gasteiger partial charge on any atom is -0.476 e. The Kier molecular flexibility index (Phi) is 5.28.